The van der Waals surface area contributed by atoms with Crippen LogP contribution in [-0.2, 0) is 18.0 Å². The highest BCUT2D eigenvalue weighted by atomic mass is 19.4. The van der Waals surface area contributed by atoms with E-state index < -0.39 is 17.2 Å². The van der Waals surface area contributed by atoms with Crippen molar-refractivity contribution in [3.8, 4) is 11.5 Å². The van der Waals surface area contributed by atoms with E-state index in [4.69, 9.17) is 9.47 Å². The summed E-state index contributed by atoms with van der Waals surface area (Å²) in [6.45, 7) is 0. The molecule has 7 rings (SSSR count). The topological polar surface area (TPSA) is 18.5 Å². The van der Waals surface area contributed by atoms with Gasteiger partial charge in [-0.25, -0.2) is 0 Å². The van der Waals surface area contributed by atoms with Crippen LogP contribution in [0.2, 0.25) is 0 Å². The van der Waals surface area contributed by atoms with E-state index in [0.29, 0.717) is 6.42 Å². The third-order valence-corrected chi connectivity index (χ3v) is 7.54. The molecule has 0 heterocycles. The van der Waals surface area contributed by atoms with Crippen LogP contribution < -0.4 is 9.47 Å². The highest BCUT2D eigenvalue weighted by Crippen LogP contribution is 2.63. The summed E-state index contributed by atoms with van der Waals surface area (Å²) in [5.74, 6) is 1.52. The van der Waals surface area contributed by atoms with E-state index >= 15 is 0 Å². The van der Waals surface area contributed by atoms with E-state index in [1.54, 1.807) is 26.4 Å². The van der Waals surface area contributed by atoms with Gasteiger partial charge in [0, 0.05) is 17.0 Å². The molecule has 5 heteroatoms. The van der Waals surface area contributed by atoms with E-state index in [1.807, 2.05) is 36.4 Å². The van der Waals surface area contributed by atoms with Crippen molar-refractivity contribution in [2.75, 3.05) is 14.2 Å². The summed E-state index contributed by atoms with van der Waals surface area (Å²) in [5.41, 5.74) is 6.32. The number of rotatable bonds is 4. The molecule has 2 nitrogen and oxygen atoms in total. The Balaban J connectivity index is 1.68. The molecule has 0 spiro atoms. The summed E-state index contributed by atoms with van der Waals surface area (Å²) < 4.78 is 51.6. The predicted octanol–water partition coefficient (Wildman–Crippen LogP) is 7.11. The maximum atomic E-state index is 13.3. The first kappa shape index (κ1) is 21.8. The third kappa shape index (κ3) is 2.97. The highest BCUT2D eigenvalue weighted by Gasteiger charge is 2.54. The minimum atomic E-state index is -4.37. The number of methoxy groups -OCH3 is 2. The van der Waals surface area contributed by atoms with E-state index in [1.165, 1.54) is 23.3 Å². The van der Waals surface area contributed by atoms with Crippen molar-refractivity contribution in [1.82, 2.24) is 0 Å². The lowest BCUT2D eigenvalue weighted by Crippen LogP contribution is -2.44. The normalized spacial score (nSPS) is 19.5. The third-order valence-electron chi connectivity index (χ3n) is 7.54. The molecular weight excluding hydrogens is 449 g/mol. The number of alkyl halides is 3. The molecule has 4 aromatic carbocycles. The van der Waals surface area contributed by atoms with Gasteiger partial charge in [0.25, 0.3) is 0 Å². The first-order valence-corrected chi connectivity index (χ1v) is 11.5. The molecule has 3 aliphatic rings. The number of benzene rings is 4. The van der Waals surface area contributed by atoms with Gasteiger partial charge < -0.3 is 9.47 Å². The van der Waals surface area contributed by atoms with Crippen LogP contribution in [0.25, 0.3) is 0 Å². The van der Waals surface area contributed by atoms with Crippen LogP contribution in [0.1, 0.15) is 50.4 Å². The zero-order valence-electron chi connectivity index (χ0n) is 19.3. The Hall–Kier alpha value is -3.73. The summed E-state index contributed by atoms with van der Waals surface area (Å²) in [6.07, 6.45) is -3.88. The second kappa shape index (κ2) is 7.64. The summed E-state index contributed by atoms with van der Waals surface area (Å²) in [4.78, 5) is 0. The summed E-state index contributed by atoms with van der Waals surface area (Å²) >= 11 is 0. The summed E-state index contributed by atoms with van der Waals surface area (Å²) in [6, 6.07) is 26.1. The molecule has 0 saturated carbocycles. The molecule has 2 bridgehead atoms. The van der Waals surface area contributed by atoms with Gasteiger partial charge >= 0.3 is 6.18 Å². The monoisotopic (exact) mass is 472 g/mol. The molecule has 0 atom stereocenters. The molecule has 0 saturated heterocycles. The van der Waals surface area contributed by atoms with Gasteiger partial charge in [0.05, 0.1) is 25.2 Å². The Kier molecular flexibility index (Phi) is 4.75. The van der Waals surface area contributed by atoms with Crippen LogP contribution >= 0.6 is 0 Å². The second-order valence-electron chi connectivity index (χ2n) is 9.14. The van der Waals surface area contributed by atoms with Crippen molar-refractivity contribution in [1.29, 1.82) is 0 Å². The SMILES string of the molecule is COc1ccc(OC)c2c1C1c3ccccc3C2(Cc2ccc(C(F)(F)F)cc2)c2ccccc21. The maximum Gasteiger partial charge on any atom is 0.416 e. The molecule has 3 aliphatic carbocycles. The molecule has 0 aromatic heterocycles. The number of hydrogen-bond acceptors (Lipinski definition) is 2. The molecule has 0 N–H and O–H groups in total. The standard InChI is InChI=1S/C30H23F3O2/c1-34-24-15-16-25(35-2)28-27(24)26-20-7-3-5-9-22(20)29(28,23-10-6-4-8-21(23)26)17-18-11-13-19(14-12-18)30(31,32)33/h3-16,26H,17H2,1-2H3. The van der Waals surface area contributed by atoms with E-state index in [2.05, 4.69) is 24.3 Å². The summed E-state index contributed by atoms with van der Waals surface area (Å²) in [5, 5.41) is 0. The lowest BCUT2D eigenvalue weighted by atomic mass is 9.51. The number of ether oxygens (including phenoxy) is 2. The van der Waals surface area contributed by atoms with E-state index in [0.717, 1.165) is 39.3 Å². The van der Waals surface area contributed by atoms with Crippen molar-refractivity contribution in [2.45, 2.75) is 23.9 Å². The lowest BCUT2D eigenvalue weighted by molar-refractivity contribution is -0.137. The van der Waals surface area contributed by atoms with Gasteiger partial charge in [-0.3, -0.25) is 0 Å². The van der Waals surface area contributed by atoms with Gasteiger partial charge in [-0.15, -0.1) is 0 Å². The second-order valence-corrected chi connectivity index (χ2v) is 9.14. The van der Waals surface area contributed by atoms with Gasteiger partial charge in [-0.05, 0) is 58.5 Å². The molecule has 0 amide bonds. The molecule has 0 unspecified atom stereocenters. The predicted molar refractivity (Wildman–Crippen MR) is 128 cm³/mol. The van der Waals surface area contributed by atoms with Crippen molar-refractivity contribution in [2.24, 2.45) is 0 Å². The van der Waals surface area contributed by atoms with Gasteiger partial charge in [-0.1, -0.05) is 60.7 Å². The first-order chi connectivity index (χ1) is 16.9. The lowest BCUT2D eigenvalue weighted by Gasteiger charge is -2.51. The minimum absolute atomic E-state index is 0.0167. The molecular formula is C30H23F3O2. The van der Waals surface area contributed by atoms with Crippen LogP contribution in [-0.4, -0.2) is 14.2 Å². The molecule has 0 fully saturated rings. The van der Waals surface area contributed by atoms with E-state index in [-0.39, 0.29) is 5.92 Å². The van der Waals surface area contributed by atoms with Crippen LogP contribution in [0, 0.1) is 0 Å². The fourth-order valence-electron chi connectivity index (χ4n) is 6.22. The van der Waals surface area contributed by atoms with Gasteiger partial charge in [0.15, 0.2) is 0 Å². The fraction of sp³-hybridized carbons (Fsp3) is 0.200. The van der Waals surface area contributed by atoms with Crippen molar-refractivity contribution < 1.29 is 22.6 Å². The van der Waals surface area contributed by atoms with Crippen LogP contribution in [0.5, 0.6) is 11.5 Å². The Labute approximate surface area is 202 Å². The molecule has 0 aliphatic heterocycles. The van der Waals surface area contributed by atoms with Crippen LogP contribution in [0.3, 0.4) is 0 Å². The number of halogens is 3. The van der Waals surface area contributed by atoms with Gasteiger partial charge in [0.1, 0.15) is 11.5 Å². The first-order valence-electron chi connectivity index (χ1n) is 11.5. The molecule has 4 aromatic rings. The van der Waals surface area contributed by atoms with E-state index in [9.17, 15) is 13.2 Å². The maximum absolute atomic E-state index is 13.3. The van der Waals surface area contributed by atoms with Crippen molar-refractivity contribution in [3.63, 3.8) is 0 Å². The molecule has 0 radical (unpaired) electrons. The van der Waals surface area contributed by atoms with Gasteiger partial charge in [-0.2, -0.15) is 13.2 Å². The Bertz CT molecular complexity index is 1390. The van der Waals surface area contributed by atoms with Crippen LogP contribution in [0.4, 0.5) is 13.2 Å². The van der Waals surface area contributed by atoms with Crippen molar-refractivity contribution >= 4 is 0 Å². The van der Waals surface area contributed by atoms with Gasteiger partial charge in [0.2, 0.25) is 0 Å². The number of hydrogen-bond donors (Lipinski definition) is 0. The highest BCUT2D eigenvalue weighted by molar-refractivity contribution is 5.77. The largest absolute Gasteiger partial charge is 0.496 e. The Morgan fingerprint density at radius 2 is 1.26 bits per heavy atom. The Morgan fingerprint density at radius 3 is 1.80 bits per heavy atom. The van der Waals surface area contributed by atoms with Crippen LogP contribution in [0.15, 0.2) is 84.9 Å². The molecule has 176 valence electrons. The smallest absolute Gasteiger partial charge is 0.416 e. The average Bonchev–Trinajstić information content (AvgIpc) is 2.88. The minimum Gasteiger partial charge on any atom is -0.496 e. The molecule has 35 heavy (non-hydrogen) atoms. The zero-order valence-corrected chi connectivity index (χ0v) is 19.3. The summed E-state index contributed by atoms with van der Waals surface area (Å²) in [7, 11) is 3.33. The zero-order chi connectivity index (χ0) is 24.4. The quantitative estimate of drug-likeness (QED) is 0.315. The average molecular weight is 473 g/mol. The Morgan fingerprint density at radius 1 is 0.714 bits per heavy atom. The van der Waals surface area contributed by atoms with Crippen molar-refractivity contribution in [3.05, 3.63) is 129 Å². The fourth-order valence-corrected chi connectivity index (χ4v) is 6.22.